The second-order valence-electron chi connectivity index (χ2n) is 5.67. The monoisotopic (exact) mass is 307 g/mol. The van der Waals surface area contributed by atoms with Gasteiger partial charge in [-0.2, -0.15) is 0 Å². The molecular formula is C15H21N3O2S. The van der Waals surface area contributed by atoms with Crippen LogP contribution in [0.3, 0.4) is 0 Å². The lowest BCUT2D eigenvalue weighted by atomic mass is 9.95. The van der Waals surface area contributed by atoms with Crippen LogP contribution in [0.4, 0.5) is 0 Å². The van der Waals surface area contributed by atoms with Gasteiger partial charge in [0.25, 0.3) is 0 Å². The van der Waals surface area contributed by atoms with Crippen LogP contribution in [0.15, 0.2) is 5.38 Å². The van der Waals surface area contributed by atoms with E-state index in [1.807, 2.05) is 11.8 Å². The molecule has 1 aliphatic rings. The van der Waals surface area contributed by atoms with Crippen molar-refractivity contribution in [3.63, 3.8) is 0 Å². The summed E-state index contributed by atoms with van der Waals surface area (Å²) < 4.78 is 7.18. The maximum absolute atomic E-state index is 12.0. The zero-order valence-corrected chi connectivity index (χ0v) is 13.6. The molecule has 1 saturated heterocycles. The van der Waals surface area contributed by atoms with Gasteiger partial charge >= 0.3 is 0 Å². The van der Waals surface area contributed by atoms with Gasteiger partial charge in [-0.05, 0) is 26.7 Å². The average Bonchev–Trinajstić information content (AvgIpc) is 3.01. The third-order valence-electron chi connectivity index (χ3n) is 4.15. The fraction of sp³-hybridized carbons (Fsp3) is 0.600. The predicted octanol–water partition coefficient (Wildman–Crippen LogP) is 2.37. The van der Waals surface area contributed by atoms with E-state index in [1.165, 1.54) is 10.5 Å². The number of piperidine rings is 1. The molecule has 1 amide bonds. The molecule has 2 aromatic heterocycles. The molecule has 1 aliphatic heterocycles. The number of hydrogen-bond acceptors (Lipinski definition) is 4. The molecule has 3 heterocycles. The molecule has 21 heavy (non-hydrogen) atoms. The van der Waals surface area contributed by atoms with E-state index < -0.39 is 0 Å². The van der Waals surface area contributed by atoms with E-state index in [0.29, 0.717) is 5.92 Å². The van der Waals surface area contributed by atoms with Crippen molar-refractivity contribution in [2.45, 2.75) is 32.6 Å². The van der Waals surface area contributed by atoms with E-state index in [9.17, 15) is 4.79 Å². The molecule has 1 atom stereocenters. The van der Waals surface area contributed by atoms with Crippen LogP contribution < -0.4 is 0 Å². The Hall–Kier alpha value is -1.40. The second kappa shape index (κ2) is 5.77. The maximum Gasteiger partial charge on any atom is 0.248 e. The minimum atomic E-state index is 0.0803. The molecule has 0 aliphatic carbocycles. The summed E-state index contributed by atoms with van der Waals surface area (Å²) in [6.45, 7) is 5.91. The summed E-state index contributed by atoms with van der Waals surface area (Å²) in [6.07, 6.45) is 2.13. The van der Waals surface area contributed by atoms with E-state index in [0.717, 1.165) is 37.4 Å². The van der Waals surface area contributed by atoms with Gasteiger partial charge in [0.2, 0.25) is 5.91 Å². The van der Waals surface area contributed by atoms with Gasteiger partial charge in [0.1, 0.15) is 17.3 Å². The highest BCUT2D eigenvalue weighted by molar-refractivity contribution is 7.15. The lowest BCUT2D eigenvalue weighted by molar-refractivity contribution is -0.136. The number of likely N-dealkylation sites (tertiary alicyclic amines) is 1. The van der Waals surface area contributed by atoms with E-state index >= 15 is 0 Å². The SMILES string of the molecule is COCC(=O)N1CCCC(c2nc(C)n3c(C)csc23)C1. The molecule has 3 rings (SSSR count). The van der Waals surface area contributed by atoms with Gasteiger partial charge in [-0.3, -0.25) is 9.20 Å². The zero-order valence-electron chi connectivity index (χ0n) is 12.8. The van der Waals surface area contributed by atoms with Crippen molar-refractivity contribution in [3.8, 4) is 0 Å². The van der Waals surface area contributed by atoms with Gasteiger partial charge in [-0.25, -0.2) is 4.98 Å². The number of aryl methyl sites for hydroxylation is 2. The van der Waals surface area contributed by atoms with Crippen molar-refractivity contribution in [2.75, 3.05) is 26.8 Å². The van der Waals surface area contributed by atoms with Crippen LogP contribution in [-0.2, 0) is 9.53 Å². The molecule has 0 N–H and O–H groups in total. The molecule has 1 fully saturated rings. The van der Waals surface area contributed by atoms with Gasteiger partial charge in [0.15, 0.2) is 0 Å². The summed E-state index contributed by atoms with van der Waals surface area (Å²) in [5.41, 5.74) is 2.38. The zero-order chi connectivity index (χ0) is 15.0. The number of carbonyl (C=O) groups excluding carboxylic acids is 1. The smallest absolute Gasteiger partial charge is 0.248 e. The molecule has 6 heteroatoms. The number of hydrogen-bond donors (Lipinski definition) is 0. The highest BCUT2D eigenvalue weighted by Gasteiger charge is 2.28. The Balaban J connectivity index is 1.87. The minimum Gasteiger partial charge on any atom is -0.375 e. The van der Waals surface area contributed by atoms with Crippen LogP contribution in [0.25, 0.3) is 4.83 Å². The van der Waals surface area contributed by atoms with Crippen LogP contribution in [0, 0.1) is 13.8 Å². The van der Waals surface area contributed by atoms with Crippen molar-refractivity contribution >= 4 is 22.1 Å². The summed E-state index contributed by atoms with van der Waals surface area (Å²) in [5, 5.41) is 2.17. The molecule has 0 aromatic carbocycles. The number of rotatable bonds is 3. The number of amides is 1. The Morgan fingerprint density at radius 1 is 1.52 bits per heavy atom. The summed E-state index contributed by atoms with van der Waals surface area (Å²) in [6, 6.07) is 0. The lowest BCUT2D eigenvalue weighted by Gasteiger charge is -2.31. The van der Waals surface area contributed by atoms with Gasteiger partial charge in [0.05, 0.1) is 5.69 Å². The lowest BCUT2D eigenvalue weighted by Crippen LogP contribution is -2.41. The van der Waals surface area contributed by atoms with Crippen molar-refractivity contribution in [3.05, 3.63) is 22.6 Å². The van der Waals surface area contributed by atoms with Crippen molar-refractivity contribution in [1.82, 2.24) is 14.3 Å². The van der Waals surface area contributed by atoms with E-state index in [-0.39, 0.29) is 12.5 Å². The molecule has 5 nitrogen and oxygen atoms in total. The standard InChI is InChI=1S/C15H21N3O2S/c1-10-9-21-15-14(16-11(2)18(10)15)12-5-4-6-17(7-12)13(19)8-20-3/h9,12H,4-8H2,1-3H3. The first-order chi connectivity index (χ1) is 10.1. The van der Waals surface area contributed by atoms with Crippen LogP contribution in [0.5, 0.6) is 0 Å². The summed E-state index contributed by atoms with van der Waals surface area (Å²) in [7, 11) is 1.57. The Bertz CT molecular complexity index is 661. The molecule has 0 saturated carbocycles. The van der Waals surface area contributed by atoms with Gasteiger partial charge in [-0.1, -0.05) is 0 Å². The van der Waals surface area contributed by atoms with Gasteiger partial charge < -0.3 is 9.64 Å². The van der Waals surface area contributed by atoms with Crippen molar-refractivity contribution < 1.29 is 9.53 Å². The highest BCUT2D eigenvalue weighted by atomic mass is 32.1. The Morgan fingerprint density at radius 2 is 2.33 bits per heavy atom. The fourth-order valence-electron chi connectivity index (χ4n) is 3.16. The van der Waals surface area contributed by atoms with E-state index in [4.69, 9.17) is 9.72 Å². The topological polar surface area (TPSA) is 46.8 Å². The summed E-state index contributed by atoms with van der Waals surface area (Å²) in [5.74, 6) is 1.46. The van der Waals surface area contributed by atoms with Crippen molar-refractivity contribution in [1.29, 1.82) is 0 Å². The van der Waals surface area contributed by atoms with Gasteiger partial charge in [0, 0.05) is 37.2 Å². The Labute approximate surface area is 128 Å². The van der Waals surface area contributed by atoms with Gasteiger partial charge in [-0.15, -0.1) is 11.3 Å². The van der Waals surface area contributed by atoms with E-state index in [1.54, 1.807) is 18.4 Å². The number of ether oxygens (including phenoxy) is 1. The van der Waals surface area contributed by atoms with E-state index in [2.05, 4.69) is 16.7 Å². The fourth-order valence-corrected chi connectivity index (χ4v) is 4.27. The predicted molar refractivity (Wildman–Crippen MR) is 83.0 cm³/mol. The molecular weight excluding hydrogens is 286 g/mol. The quantitative estimate of drug-likeness (QED) is 0.874. The number of fused-ring (bicyclic) bond motifs is 1. The largest absolute Gasteiger partial charge is 0.375 e. The Morgan fingerprint density at radius 3 is 3.10 bits per heavy atom. The third-order valence-corrected chi connectivity index (χ3v) is 5.22. The molecule has 0 radical (unpaired) electrons. The molecule has 0 bridgehead atoms. The van der Waals surface area contributed by atoms with Crippen molar-refractivity contribution in [2.24, 2.45) is 0 Å². The minimum absolute atomic E-state index is 0.0803. The van der Waals surface area contributed by atoms with Crippen LogP contribution in [0.1, 0.15) is 36.0 Å². The first kappa shape index (κ1) is 14.5. The number of carbonyl (C=O) groups is 1. The molecule has 114 valence electrons. The average molecular weight is 307 g/mol. The third kappa shape index (κ3) is 2.58. The number of methoxy groups -OCH3 is 1. The number of nitrogens with zero attached hydrogens (tertiary/aromatic N) is 3. The number of aromatic nitrogens is 2. The van der Waals surface area contributed by atoms with Crippen LogP contribution in [-0.4, -0.2) is 47.0 Å². The number of imidazole rings is 1. The Kier molecular flexibility index (Phi) is 3.99. The highest BCUT2D eigenvalue weighted by Crippen LogP contribution is 2.33. The molecule has 0 spiro atoms. The summed E-state index contributed by atoms with van der Waals surface area (Å²) in [4.78, 5) is 20.0. The normalized spacial score (nSPS) is 19.4. The first-order valence-corrected chi connectivity index (χ1v) is 8.19. The molecule has 1 unspecified atom stereocenters. The van der Waals surface area contributed by atoms with Crippen LogP contribution >= 0.6 is 11.3 Å². The molecule has 2 aromatic rings. The van der Waals surface area contributed by atoms with Crippen LogP contribution in [0.2, 0.25) is 0 Å². The second-order valence-corrected chi connectivity index (χ2v) is 6.53. The summed E-state index contributed by atoms with van der Waals surface area (Å²) >= 11 is 1.75. The first-order valence-electron chi connectivity index (χ1n) is 7.31. The maximum atomic E-state index is 12.0. The number of thiazole rings is 1.